The molecule has 98 valence electrons. The van der Waals surface area contributed by atoms with E-state index in [0.717, 1.165) is 16.1 Å². The monoisotopic (exact) mass is 272 g/mol. The summed E-state index contributed by atoms with van der Waals surface area (Å²) in [4.78, 5) is 14.8. The molecule has 1 aliphatic heterocycles. The van der Waals surface area contributed by atoms with Crippen LogP contribution in [0.3, 0.4) is 0 Å². The molecule has 1 aromatic rings. The SMILES string of the molecule is CN1C(=O)[C@@H](N)CSc2ccc(C#CC3CC3)cc21. The Hall–Kier alpha value is -1.44. The van der Waals surface area contributed by atoms with Crippen LogP contribution >= 0.6 is 11.8 Å². The molecule has 0 radical (unpaired) electrons. The molecule has 1 heterocycles. The fourth-order valence-corrected chi connectivity index (χ4v) is 3.02. The third-order valence-corrected chi connectivity index (χ3v) is 4.57. The summed E-state index contributed by atoms with van der Waals surface area (Å²) in [5, 5.41) is 0. The van der Waals surface area contributed by atoms with E-state index in [0.29, 0.717) is 11.7 Å². The molecule has 1 atom stereocenters. The first-order valence-corrected chi connectivity index (χ1v) is 7.45. The van der Waals surface area contributed by atoms with Crippen molar-refractivity contribution in [3.05, 3.63) is 23.8 Å². The van der Waals surface area contributed by atoms with Crippen molar-refractivity contribution < 1.29 is 4.79 Å². The molecule has 1 saturated carbocycles. The molecular formula is C15H16N2OS. The van der Waals surface area contributed by atoms with E-state index in [1.807, 2.05) is 18.2 Å². The van der Waals surface area contributed by atoms with Crippen LogP contribution < -0.4 is 10.6 Å². The Kier molecular flexibility index (Phi) is 3.26. The highest BCUT2D eigenvalue weighted by Gasteiger charge is 2.25. The molecule has 2 aliphatic rings. The van der Waals surface area contributed by atoms with E-state index in [4.69, 9.17) is 5.73 Å². The van der Waals surface area contributed by atoms with Crippen molar-refractivity contribution in [1.82, 2.24) is 0 Å². The second-order valence-corrected chi connectivity index (χ2v) is 6.10. The Balaban J connectivity index is 1.95. The van der Waals surface area contributed by atoms with Gasteiger partial charge in [-0.1, -0.05) is 11.8 Å². The third-order valence-electron chi connectivity index (χ3n) is 3.38. The van der Waals surface area contributed by atoms with Crippen molar-refractivity contribution in [2.24, 2.45) is 11.7 Å². The predicted octanol–water partition coefficient (Wildman–Crippen LogP) is 1.84. The molecule has 0 saturated heterocycles. The first-order valence-electron chi connectivity index (χ1n) is 6.46. The van der Waals surface area contributed by atoms with Crippen LogP contribution in [0, 0.1) is 17.8 Å². The Morgan fingerprint density at radius 1 is 1.42 bits per heavy atom. The number of hydrogen-bond donors (Lipinski definition) is 1. The minimum Gasteiger partial charge on any atom is -0.319 e. The Labute approximate surface area is 117 Å². The van der Waals surface area contributed by atoms with Gasteiger partial charge in [-0.05, 0) is 31.0 Å². The van der Waals surface area contributed by atoms with E-state index in [9.17, 15) is 4.79 Å². The molecule has 19 heavy (non-hydrogen) atoms. The quantitative estimate of drug-likeness (QED) is 0.733. The third kappa shape index (κ3) is 2.63. The summed E-state index contributed by atoms with van der Waals surface area (Å²) in [6.07, 6.45) is 2.45. The highest BCUT2D eigenvalue weighted by atomic mass is 32.2. The van der Waals surface area contributed by atoms with Crippen LogP contribution in [0.5, 0.6) is 0 Å². The maximum atomic E-state index is 12.0. The van der Waals surface area contributed by atoms with Gasteiger partial charge in [0.05, 0.1) is 11.7 Å². The van der Waals surface area contributed by atoms with Crippen molar-refractivity contribution in [3.8, 4) is 11.8 Å². The lowest BCUT2D eigenvalue weighted by Crippen LogP contribution is -2.42. The van der Waals surface area contributed by atoms with Crippen molar-refractivity contribution >= 4 is 23.4 Å². The van der Waals surface area contributed by atoms with E-state index in [2.05, 4.69) is 11.8 Å². The average Bonchev–Trinajstić information content (AvgIpc) is 3.25. The van der Waals surface area contributed by atoms with E-state index in [1.54, 1.807) is 23.7 Å². The standard InChI is InChI=1S/C15H16N2OS/c1-17-13-8-11(5-4-10-2-3-10)6-7-14(13)19-9-12(16)15(17)18/h6-8,10,12H,2-3,9,16H2,1H3/t12-/m0/s1. The molecule has 4 heteroatoms. The van der Waals surface area contributed by atoms with Gasteiger partial charge in [0, 0.05) is 29.2 Å². The van der Waals surface area contributed by atoms with E-state index in [-0.39, 0.29) is 5.91 Å². The number of amides is 1. The lowest BCUT2D eigenvalue weighted by molar-refractivity contribution is -0.119. The van der Waals surface area contributed by atoms with Crippen LogP contribution in [-0.2, 0) is 4.79 Å². The number of carbonyl (C=O) groups is 1. The number of thioether (sulfide) groups is 1. The molecule has 1 amide bonds. The predicted molar refractivity (Wildman–Crippen MR) is 78.2 cm³/mol. The molecular weight excluding hydrogens is 256 g/mol. The van der Waals surface area contributed by atoms with E-state index in [1.165, 1.54) is 12.8 Å². The van der Waals surface area contributed by atoms with Gasteiger partial charge in [-0.2, -0.15) is 0 Å². The van der Waals surface area contributed by atoms with Gasteiger partial charge in [0.25, 0.3) is 0 Å². The number of hydrogen-bond acceptors (Lipinski definition) is 3. The van der Waals surface area contributed by atoms with Gasteiger partial charge in [0.1, 0.15) is 0 Å². The van der Waals surface area contributed by atoms with Crippen LogP contribution in [0.4, 0.5) is 5.69 Å². The van der Waals surface area contributed by atoms with Crippen LogP contribution in [-0.4, -0.2) is 24.7 Å². The molecule has 1 fully saturated rings. The lowest BCUT2D eigenvalue weighted by Gasteiger charge is -2.19. The fourth-order valence-electron chi connectivity index (χ4n) is 2.01. The molecule has 0 spiro atoms. The number of rotatable bonds is 0. The zero-order valence-corrected chi connectivity index (χ0v) is 11.7. The van der Waals surface area contributed by atoms with Gasteiger partial charge in [-0.15, -0.1) is 11.8 Å². The van der Waals surface area contributed by atoms with Gasteiger partial charge in [0.15, 0.2) is 0 Å². The minimum atomic E-state index is -0.427. The van der Waals surface area contributed by atoms with Gasteiger partial charge >= 0.3 is 0 Å². The maximum absolute atomic E-state index is 12.0. The van der Waals surface area contributed by atoms with Crippen molar-refractivity contribution in [2.75, 3.05) is 17.7 Å². The number of likely N-dealkylation sites (N-methyl/N-ethyl adjacent to an activating group) is 1. The number of nitrogens with zero attached hydrogens (tertiary/aromatic N) is 1. The fraction of sp³-hybridized carbons (Fsp3) is 0.400. The van der Waals surface area contributed by atoms with Gasteiger partial charge in [0.2, 0.25) is 5.91 Å². The Morgan fingerprint density at radius 2 is 2.21 bits per heavy atom. The second-order valence-electron chi connectivity index (χ2n) is 5.04. The average molecular weight is 272 g/mol. The molecule has 0 unspecified atom stereocenters. The highest BCUT2D eigenvalue weighted by Crippen LogP contribution is 2.34. The molecule has 0 aromatic heterocycles. The summed E-state index contributed by atoms with van der Waals surface area (Å²) in [5.74, 6) is 7.62. The van der Waals surface area contributed by atoms with Crippen molar-refractivity contribution in [1.29, 1.82) is 0 Å². The number of nitrogens with two attached hydrogens (primary N) is 1. The second kappa shape index (κ2) is 4.92. The zero-order valence-electron chi connectivity index (χ0n) is 10.8. The van der Waals surface area contributed by atoms with Crippen molar-refractivity contribution in [3.63, 3.8) is 0 Å². The summed E-state index contributed by atoms with van der Waals surface area (Å²) in [6.45, 7) is 0. The topological polar surface area (TPSA) is 46.3 Å². The number of anilines is 1. The first kappa shape index (κ1) is 12.6. The van der Waals surface area contributed by atoms with Crippen molar-refractivity contribution in [2.45, 2.75) is 23.8 Å². The van der Waals surface area contributed by atoms with Gasteiger partial charge in [-0.3, -0.25) is 4.79 Å². The zero-order chi connectivity index (χ0) is 13.4. The molecule has 3 rings (SSSR count). The normalized spacial score (nSPS) is 22.3. The summed E-state index contributed by atoms with van der Waals surface area (Å²) in [7, 11) is 1.78. The molecule has 1 aliphatic carbocycles. The lowest BCUT2D eigenvalue weighted by atomic mass is 10.1. The summed E-state index contributed by atoms with van der Waals surface area (Å²) >= 11 is 1.63. The minimum absolute atomic E-state index is 0.0291. The maximum Gasteiger partial charge on any atom is 0.244 e. The number of benzene rings is 1. The van der Waals surface area contributed by atoms with Gasteiger partial charge < -0.3 is 10.6 Å². The largest absolute Gasteiger partial charge is 0.319 e. The Morgan fingerprint density at radius 3 is 2.95 bits per heavy atom. The smallest absolute Gasteiger partial charge is 0.244 e. The van der Waals surface area contributed by atoms with Crippen LogP contribution in [0.25, 0.3) is 0 Å². The Bertz CT molecular complexity index is 584. The van der Waals surface area contributed by atoms with E-state index >= 15 is 0 Å². The number of fused-ring (bicyclic) bond motifs is 1. The van der Waals surface area contributed by atoms with Gasteiger partial charge in [-0.25, -0.2) is 0 Å². The van der Waals surface area contributed by atoms with E-state index < -0.39 is 6.04 Å². The highest BCUT2D eigenvalue weighted by molar-refractivity contribution is 7.99. The van der Waals surface area contributed by atoms with Crippen LogP contribution in [0.2, 0.25) is 0 Å². The summed E-state index contributed by atoms with van der Waals surface area (Å²) < 4.78 is 0. The summed E-state index contributed by atoms with van der Waals surface area (Å²) in [6, 6.07) is 5.63. The molecule has 3 nitrogen and oxygen atoms in total. The molecule has 1 aromatic carbocycles. The summed E-state index contributed by atoms with van der Waals surface area (Å²) in [5.41, 5.74) is 7.75. The van der Waals surface area contributed by atoms with Crippen LogP contribution in [0.1, 0.15) is 18.4 Å². The molecule has 2 N–H and O–H groups in total. The first-order chi connectivity index (χ1) is 9.15. The van der Waals surface area contributed by atoms with Crippen LogP contribution in [0.15, 0.2) is 23.1 Å². The molecule has 0 bridgehead atoms. The number of carbonyl (C=O) groups excluding carboxylic acids is 1.